The number of likely N-dealkylation sites (tertiary alicyclic amines) is 1. The van der Waals surface area contributed by atoms with Crippen LogP contribution >= 0.6 is 0 Å². The first kappa shape index (κ1) is 24.9. The van der Waals surface area contributed by atoms with E-state index in [1.54, 1.807) is 43.0 Å². The lowest BCUT2D eigenvalue weighted by Gasteiger charge is -2.36. The molecule has 0 aromatic heterocycles. The molecule has 0 bridgehead atoms. The second kappa shape index (κ2) is 10.9. The molecular weight excluding hydrogens is 430 g/mol. The zero-order valence-corrected chi connectivity index (χ0v) is 19.4. The quantitative estimate of drug-likeness (QED) is 0.632. The minimum absolute atomic E-state index is 0.0169. The van der Waals surface area contributed by atoms with E-state index in [0.717, 1.165) is 37.6 Å². The van der Waals surface area contributed by atoms with Crippen molar-refractivity contribution >= 4 is 6.09 Å². The van der Waals surface area contributed by atoms with Crippen LogP contribution < -0.4 is 4.74 Å². The summed E-state index contributed by atoms with van der Waals surface area (Å²) in [6.07, 6.45) is 0.971. The van der Waals surface area contributed by atoms with Crippen LogP contribution in [-0.2, 0) is 17.9 Å². The second-order valence-corrected chi connectivity index (χ2v) is 9.20. The van der Waals surface area contributed by atoms with Crippen LogP contribution in [0.4, 0.5) is 13.6 Å². The Kier molecular flexibility index (Phi) is 8.26. The molecule has 1 N–H and O–H groups in total. The third-order valence-electron chi connectivity index (χ3n) is 5.60. The van der Waals surface area contributed by atoms with Gasteiger partial charge in [-0.25, -0.2) is 13.6 Å². The molecule has 0 saturated carbocycles. The zero-order valence-electron chi connectivity index (χ0n) is 19.4. The van der Waals surface area contributed by atoms with Gasteiger partial charge in [-0.1, -0.05) is 18.2 Å². The number of hydrogen-bond acceptors (Lipinski definition) is 5. The van der Waals surface area contributed by atoms with Gasteiger partial charge in [0.15, 0.2) is 0 Å². The lowest BCUT2D eigenvalue weighted by atomic mass is 10.0. The number of benzene rings is 2. The Morgan fingerprint density at radius 2 is 1.82 bits per heavy atom. The van der Waals surface area contributed by atoms with Crippen molar-refractivity contribution in [3.05, 3.63) is 65.2 Å². The summed E-state index contributed by atoms with van der Waals surface area (Å²) in [5.41, 5.74) is 0.0890. The molecule has 1 aliphatic rings. The molecule has 1 heterocycles. The smallest absolute Gasteiger partial charge is 0.410 e. The molecule has 33 heavy (non-hydrogen) atoms. The van der Waals surface area contributed by atoms with E-state index in [1.165, 1.54) is 12.1 Å². The maximum atomic E-state index is 14.3. The molecule has 1 saturated heterocycles. The van der Waals surface area contributed by atoms with E-state index in [9.17, 15) is 18.7 Å². The molecule has 8 heteroatoms. The topological polar surface area (TPSA) is 62.2 Å². The van der Waals surface area contributed by atoms with Gasteiger partial charge in [-0.15, -0.1) is 0 Å². The maximum Gasteiger partial charge on any atom is 0.410 e. The number of amides is 1. The predicted molar refractivity (Wildman–Crippen MR) is 121 cm³/mol. The van der Waals surface area contributed by atoms with Crippen molar-refractivity contribution in [2.24, 2.45) is 0 Å². The van der Waals surface area contributed by atoms with Crippen LogP contribution in [0.3, 0.4) is 0 Å². The molecule has 0 radical (unpaired) electrons. The van der Waals surface area contributed by atoms with E-state index < -0.39 is 23.3 Å². The summed E-state index contributed by atoms with van der Waals surface area (Å²) in [6, 6.07) is 10.4. The molecular formula is C25H32F2N2O4. The van der Waals surface area contributed by atoms with Crippen LogP contribution in [0.1, 0.15) is 37.8 Å². The van der Waals surface area contributed by atoms with Gasteiger partial charge >= 0.3 is 6.09 Å². The average Bonchev–Trinajstić information content (AvgIpc) is 2.76. The lowest BCUT2D eigenvalue weighted by molar-refractivity contribution is 0.0284. The van der Waals surface area contributed by atoms with Crippen LogP contribution in [0.15, 0.2) is 42.5 Å². The molecule has 1 fully saturated rings. The largest absolute Gasteiger partial charge is 0.491 e. The number of nitrogens with zero attached hydrogens (tertiary/aromatic N) is 2. The van der Waals surface area contributed by atoms with Crippen molar-refractivity contribution < 1.29 is 28.2 Å². The van der Waals surface area contributed by atoms with Gasteiger partial charge in [-0.05, 0) is 70.6 Å². The molecule has 0 aliphatic carbocycles. The molecule has 2 aromatic carbocycles. The highest BCUT2D eigenvalue weighted by atomic mass is 19.1. The maximum absolute atomic E-state index is 14.3. The number of piperidine rings is 1. The highest BCUT2D eigenvalue weighted by molar-refractivity contribution is 5.68. The van der Waals surface area contributed by atoms with Gasteiger partial charge in [-0.3, -0.25) is 0 Å². The first-order chi connectivity index (χ1) is 15.6. The molecule has 3 rings (SSSR count). The fraction of sp³-hybridized carbons (Fsp3) is 0.480. The summed E-state index contributed by atoms with van der Waals surface area (Å²) < 4.78 is 38.7. The minimum Gasteiger partial charge on any atom is -0.491 e. The van der Waals surface area contributed by atoms with Crippen molar-refractivity contribution in [2.45, 2.75) is 51.5 Å². The van der Waals surface area contributed by atoms with Crippen molar-refractivity contribution in [3.8, 4) is 5.75 Å². The number of carbonyl (C=O) groups is 1. The second-order valence-electron chi connectivity index (χ2n) is 9.20. The zero-order chi connectivity index (χ0) is 24.0. The van der Waals surface area contributed by atoms with Crippen molar-refractivity contribution in [3.63, 3.8) is 0 Å². The van der Waals surface area contributed by atoms with Crippen molar-refractivity contribution in [1.29, 1.82) is 0 Å². The molecule has 0 unspecified atom stereocenters. The van der Waals surface area contributed by atoms with Crippen LogP contribution in [0.25, 0.3) is 0 Å². The van der Waals surface area contributed by atoms with Crippen LogP contribution in [0.2, 0.25) is 0 Å². The summed E-state index contributed by atoms with van der Waals surface area (Å²) in [5.74, 6) is -0.728. The van der Waals surface area contributed by atoms with E-state index in [4.69, 9.17) is 9.47 Å². The molecule has 1 aliphatic heterocycles. The predicted octanol–water partition coefficient (Wildman–Crippen LogP) is 4.35. The first-order valence-electron chi connectivity index (χ1n) is 11.1. The van der Waals surface area contributed by atoms with E-state index in [-0.39, 0.29) is 31.4 Å². The average molecular weight is 463 g/mol. The Labute approximate surface area is 193 Å². The van der Waals surface area contributed by atoms with E-state index in [1.807, 2.05) is 7.05 Å². The van der Waals surface area contributed by atoms with E-state index >= 15 is 0 Å². The monoisotopic (exact) mass is 462 g/mol. The Hall–Kier alpha value is -2.71. The fourth-order valence-electron chi connectivity index (χ4n) is 3.65. The Morgan fingerprint density at radius 3 is 2.42 bits per heavy atom. The van der Waals surface area contributed by atoms with E-state index in [2.05, 4.69) is 4.90 Å². The number of hydrogen-bond donors (Lipinski definition) is 1. The number of carbonyl (C=O) groups excluding carboxylic acids is 1. The van der Waals surface area contributed by atoms with Gasteiger partial charge in [0.2, 0.25) is 0 Å². The van der Waals surface area contributed by atoms with Crippen molar-refractivity contribution in [2.75, 3.05) is 26.7 Å². The number of halogens is 2. The Morgan fingerprint density at radius 1 is 1.15 bits per heavy atom. The lowest BCUT2D eigenvalue weighted by Crippen LogP contribution is -2.46. The SMILES string of the molecule is CN1CCC(N(Cc2ccc(F)cc2F)C(=O)OCc2ccc(OCC(C)(C)O)cc2)CC1. The van der Waals surface area contributed by atoms with Crippen LogP contribution in [0, 0.1) is 11.6 Å². The highest BCUT2D eigenvalue weighted by Gasteiger charge is 2.29. The summed E-state index contributed by atoms with van der Waals surface area (Å²) in [5, 5.41) is 9.76. The van der Waals surface area contributed by atoms with Gasteiger partial charge in [0.25, 0.3) is 0 Å². The summed E-state index contributed by atoms with van der Waals surface area (Å²) in [7, 11) is 2.02. The van der Waals surface area contributed by atoms with Gasteiger partial charge in [-0.2, -0.15) is 0 Å². The van der Waals surface area contributed by atoms with Gasteiger partial charge < -0.3 is 24.4 Å². The molecule has 2 aromatic rings. The highest BCUT2D eigenvalue weighted by Crippen LogP contribution is 2.22. The number of aliphatic hydroxyl groups is 1. The van der Waals surface area contributed by atoms with Crippen molar-refractivity contribution in [1.82, 2.24) is 9.80 Å². The van der Waals surface area contributed by atoms with Gasteiger partial charge in [0.1, 0.15) is 30.6 Å². The molecule has 0 atom stereocenters. The number of rotatable bonds is 8. The summed E-state index contributed by atoms with van der Waals surface area (Å²) in [4.78, 5) is 16.7. The number of ether oxygens (including phenoxy) is 2. The van der Waals surface area contributed by atoms with Gasteiger partial charge in [0.05, 0.1) is 12.1 Å². The Bertz CT molecular complexity index is 923. The summed E-state index contributed by atoms with van der Waals surface area (Å²) >= 11 is 0. The van der Waals surface area contributed by atoms with Crippen LogP contribution in [0.5, 0.6) is 5.75 Å². The normalized spacial score (nSPS) is 15.3. The molecule has 6 nitrogen and oxygen atoms in total. The third-order valence-corrected chi connectivity index (χ3v) is 5.60. The molecule has 180 valence electrons. The van der Waals surface area contributed by atoms with E-state index in [0.29, 0.717) is 5.75 Å². The van der Waals surface area contributed by atoms with Gasteiger partial charge in [0, 0.05) is 17.7 Å². The molecule has 1 amide bonds. The molecule has 0 spiro atoms. The van der Waals surface area contributed by atoms with Crippen LogP contribution in [-0.4, -0.2) is 59.4 Å². The summed E-state index contributed by atoms with van der Waals surface area (Å²) in [6.45, 7) is 5.21. The minimum atomic E-state index is -0.935. The first-order valence-corrected chi connectivity index (χ1v) is 11.1. The fourth-order valence-corrected chi connectivity index (χ4v) is 3.65. The third kappa shape index (κ3) is 7.68. The standard InChI is InChI=1S/C25H32F2N2O4/c1-25(2,31)17-33-22-8-4-18(5-9-22)16-32-24(30)29(21-10-12-28(3)13-11-21)15-19-6-7-20(26)14-23(19)27/h4-9,14,21,31H,10-13,15-17H2,1-3H3. The Balaban J connectivity index is 1.64.